The summed E-state index contributed by atoms with van der Waals surface area (Å²) in [5, 5.41) is 3.64. The first-order valence-electron chi connectivity index (χ1n) is 7.35. The van der Waals surface area contributed by atoms with Crippen LogP contribution in [0.3, 0.4) is 0 Å². The van der Waals surface area contributed by atoms with E-state index in [0.717, 1.165) is 5.56 Å². The van der Waals surface area contributed by atoms with Gasteiger partial charge in [0.05, 0.1) is 0 Å². The first kappa shape index (κ1) is 19.2. The van der Waals surface area contributed by atoms with Gasteiger partial charge >= 0.3 is 0 Å². The smallest absolute Gasteiger partial charge is 0.269 e. The van der Waals surface area contributed by atoms with E-state index < -0.39 is 5.91 Å². The second kappa shape index (κ2) is 9.36. The van der Waals surface area contributed by atoms with E-state index in [4.69, 9.17) is 35.4 Å². The van der Waals surface area contributed by atoms with Gasteiger partial charge in [0, 0.05) is 22.0 Å². The van der Waals surface area contributed by atoms with Gasteiger partial charge in [-0.2, -0.15) is 0 Å². The summed E-state index contributed by atoms with van der Waals surface area (Å²) in [7, 11) is 0. The largest absolute Gasteiger partial charge is 0.302 e. The Labute approximate surface area is 160 Å². The van der Waals surface area contributed by atoms with E-state index in [1.54, 1.807) is 30.3 Å². The fourth-order valence-electron chi connectivity index (χ4n) is 1.96. The molecule has 0 aromatic heterocycles. The molecule has 0 saturated carbocycles. The van der Waals surface area contributed by atoms with Crippen molar-refractivity contribution in [3.63, 3.8) is 0 Å². The van der Waals surface area contributed by atoms with Gasteiger partial charge in [-0.1, -0.05) is 41.4 Å². The minimum Gasteiger partial charge on any atom is -0.302 e. The molecular weight excluding hydrogens is 381 g/mol. The average molecular weight is 396 g/mol. The normalized spacial score (nSPS) is 10.0. The maximum Gasteiger partial charge on any atom is 0.269 e. The van der Waals surface area contributed by atoms with Gasteiger partial charge in [-0.05, 0) is 54.5 Å². The van der Waals surface area contributed by atoms with Crippen LogP contribution in [0.2, 0.25) is 10.0 Å². The minimum atomic E-state index is -0.399. The maximum absolute atomic E-state index is 11.9. The van der Waals surface area contributed by atoms with Gasteiger partial charge in [0.25, 0.3) is 5.91 Å². The molecule has 2 aromatic rings. The Kier molecular flexibility index (Phi) is 7.18. The lowest BCUT2D eigenvalue weighted by atomic mass is 10.1. The molecule has 0 fully saturated rings. The van der Waals surface area contributed by atoms with Crippen LogP contribution in [-0.2, 0) is 11.2 Å². The van der Waals surface area contributed by atoms with Gasteiger partial charge in [-0.15, -0.1) is 0 Å². The lowest BCUT2D eigenvalue weighted by molar-refractivity contribution is -0.119. The highest BCUT2D eigenvalue weighted by Crippen LogP contribution is 2.16. The van der Waals surface area contributed by atoms with E-state index in [1.165, 1.54) is 0 Å². The second-order valence-electron chi connectivity index (χ2n) is 5.05. The average Bonchev–Trinajstić information content (AvgIpc) is 2.59. The SMILES string of the molecule is O=C(CCc1ccccc1Cl)NC(=S)NNC(=O)c1ccc(Cl)cc1. The van der Waals surface area contributed by atoms with Gasteiger partial charge in [0.15, 0.2) is 5.11 Å². The fourth-order valence-corrected chi connectivity index (χ4v) is 2.48. The van der Waals surface area contributed by atoms with Crippen LogP contribution < -0.4 is 16.2 Å². The zero-order chi connectivity index (χ0) is 18.2. The molecule has 0 heterocycles. The molecule has 0 aliphatic carbocycles. The molecule has 0 atom stereocenters. The maximum atomic E-state index is 11.9. The number of hydrogen-bond donors (Lipinski definition) is 3. The molecule has 2 rings (SSSR count). The third-order valence-corrected chi connectivity index (χ3v) is 4.05. The molecule has 8 heteroatoms. The van der Waals surface area contributed by atoms with Crippen LogP contribution in [0.5, 0.6) is 0 Å². The van der Waals surface area contributed by atoms with Crippen LogP contribution in [0.25, 0.3) is 0 Å². The second-order valence-corrected chi connectivity index (χ2v) is 6.31. The molecule has 2 aromatic carbocycles. The van der Waals surface area contributed by atoms with Gasteiger partial charge < -0.3 is 5.32 Å². The summed E-state index contributed by atoms with van der Waals surface area (Å²) in [4.78, 5) is 23.8. The van der Waals surface area contributed by atoms with Crippen LogP contribution in [0, 0.1) is 0 Å². The van der Waals surface area contributed by atoms with E-state index in [-0.39, 0.29) is 17.4 Å². The van der Waals surface area contributed by atoms with Crippen molar-refractivity contribution in [3.8, 4) is 0 Å². The Morgan fingerprint density at radius 3 is 2.32 bits per heavy atom. The third-order valence-electron chi connectivity index (χ3n) is 3.23. The lowest BCUT2D eigenvalue weighted by Crippen LogP contribution is -2.48. The summed E-state index contributed by atoms with van der Waals surface area (Å²) in [6.07, 6.45) is 0.710. The Balaban J connectivity index is 1.74. The zero-order valence-electron chi connectivity index (χ0n) is 13.0. The van der Waals surface area contributed by atoms with Crippen molar-refractivity contribution in [2.24, 2.45) is 0 Å². The number of carbonyl (C=O) groups is 2. The molecular formula is C17H15Cl2N3O2S. The van der Waals surface area contributed by atoms with Crippen LogP contribution >= 0.6 is 35.4 Å². The number of aryl methyl sites for hydroxylation is 1. The Bertz CT molecular complexity index is 782. The molecule has 0 saturated heterocycles. The van der Waals surface area contributed by atoms with Crippen LogP contribution in [-0.4, -0.2) is 16.9 Å². The molecule has 0 spiro atoms. The highest BCUT2D eigenvalue weighted by Gasteiger charge is 2.09. The van der Waals surface area contributed by atoms with Crippen molar-refractivity contribution in [1.29, 1.82) is 0 Å². The first-order chi connectivity index (χ1) is 12.0. The fraction of sp³-hybridized carbons (Fsp3) is 0.118. The Hall–Kier alpha value is -2.15. The summed E-state index contributed by atoms with van der Waals surface area (Å²) in [6.45, 7) is 0. The molecule has 3 N–H and O–H groups in total. The predicted molar refractivity (Wildman–Crippen MR) is 103 cm³/mol. The number of hydrogen-bond acceptors (Lipinski definition) is 3. The quantitative estimate of drug-likeness (QED) is 0.548. The zero-order valence-corrected chi connectivity index (χ0v) is 15.3. The first-order valence-corrected chi connectivity index (χ1v) is 8.51. The van der Waals surface area contributed by atoms with Crippen molar-refractivity contribution in [3.05, 3.63) is 69.7 Å². The van der Waals surface area contributed by atoms with Crippen LogP contribution in [0.1, 0.15) is 22.3 Å². The number of nitrogens with one attached hydrogen (secondary N) is 3. The van der Waals surface area contributed by atoms with Crippen molar-refractivity contribution in [2.45, 2.75) is 12.8 Å². The number of benzene rings is 2. The molecule has 0 aliphatic rings. The molecule has 5 nitrogen and oxygen atoms in total. The van der Waals surface area contributed by atoms with Gasteiger partial charge in [-0.25, -0.2) is 0 Å². The predicted octanol–water partition coefficient (Wildman–Crippen LogP) is 3.26. The highest BCUT2D eigenvalue weighted by molar-refractivity contribution is 7.80. The summed E-state index contributed by atoms with van der Waals surface area (Å²) in [5.74, 6) is -0.678. The Morgan fingerprint density at radius 2 is 1.64 bits per heavy atom. The van der Waals surface area contributed by atoms with Crippen molar-refractivity contribution >= 4 is 52.3 Å². The number of halogens is 2. The van der Waals surface area contributed by atoms with Crippen molar-refractivity contribution in [1.82, 2.24) is 16.2 Å². The number of carbonyl (C=O) groups excluding carboxylic acids is 2. The van der Waals surface area contributed by atoms with Crippen LogP contribution in [0.15, 0.2) is 48.5 Å². The van der Waals surface area contributed by atoms with Crippen LogP contribution in [0.4, 0.5) is 0 Å². The molecule has 2 amide bonds. The lowest BCUT2D eigenvalue weighted by Gasteiger charge is -2.11. The number of thiocarbonyl (C=S) groups is 1. The van der Waals surface area contributed by atoms with Gasteiger partial charge in [0.2, 0.25) is 5.91 Å². The molecule has 0 aliphatic heterocycles. The summed E-state index contributed by atoms with van der Waals surface area (Å²) in [5.41, 5.74) is 6.17. The van der Waals surface area contributed by atoms with E-state index >= 15 is 0 Å². The standard InChI is InChI=1S/C17H15Cl2N3O2S/c18-13-8-5-12(6-9-13)16(24)21-22-17(25)20-15(23)10-7-11-3-1-2-4-14(11)19/h1-6,8-9H,7,10H2,(H,21,24)(H2,20,22,23,25). The number of rotatable bonds is 4. The third kappa shape index (κ3) is 6.34. The summed E-state index contributed by atoms with van der Waals surface area (Å²) in [6, 6.07) is 13.7. The van der Waals surface area contributed by atoms with Gasteiger partial charge in [0.1, 0.15) is 0 Å². The number of hydrazine groups is 1. The summed E-state index contributed by atoms with van der Waals surface area (Å²) >= 11 is 16.8. The Morgan fingerprint density at radius 1 is 0.960 bits per heavy atom. The number of amides is 2. The molecule has 0 radical (unpaired) electrons. The van der Waals surface area contributed by atoms with E-state index in [2.05, 4.69) is 16.2 Å². The van der Waals surface area contributed by atoms with Crippen molar-refractivity contribution < 1.29 is 9.59 Å². The van der Waals surface area contributed by atoms with E-state index in [9.17, 15) is 9.59 Å². The molecule has 130 valence electrons. The van der Waals surface area contributed by atoms with Gasteiger partial charge in [-0.3, -0.25) is 20.4 Å². The monoisotopic (exact) mass is 395 g/mol. The van der Waals surface area contributed by atoms with E-state index in [0.29, 0.717) is 22.0 Å². The van der Waals surface area contributed by atoms with Crippen molar-refractivity contribution in [2.75, 3.05) is 0 Å². The highest BCUT2D eigenvalue weighted by atomic mass is 35.5. The molecule has 0 bridgehead atoms. The minimum absolute atomic E-state index is 0.00599. The molecule has 25 heavy (non-hydrogen) atoms. The topological polar surface area (TPSA) is 70.2 Å². The van der Waals surface area contributed by atoms with E-state index in [1.807, 2.05) is 18.2 Å². The molecule has 0 unspecified atom stereocenters. The summed E-state index contributed by atoms with van der Waals surface area (Å²) < 4.78 is 0.